The zero-order valence-electron chi connectivity index (χ0n) is 19.1. The lowest BCUT2D eigenvalue weighted by molar-refractivity contribution is 0.0969. The molecule has 0 atom stereocenters. The molecule has 0 unspecified atom stereocenters. The summed E-state index contributed by atoms with van der Waals surface area (Å²) in [6.07, 6.45) is 2.37. The lowest BCUT2D eigenvalue weighted by Gasteiger charge is -2.13. The van der Waals surface area contributed by atoms with Gasteiger partial charge in [0.2, 0.25) is 5.95 Å². The molecule has 3 aromatic carbocycles. The monoisotopic (exact) mass is 473 g/mol. The number of hydrogen-bond donors (Lipinski definition) is 4. The van der Waals surface area contributed by atoms with Crippen LogP contribution in [-0.4, -0.2) is 26.1 Å². The quantitative estimate of drug-likeness (QED) is 0.258. The van der Waals surface area contributed by atoms with E-state index in [1.54, 1.807) is 6.07 Å². The predicted octanol–water partition coefficient (Wildman–Crippen LogP) is 5.47. The van der Waals surface area contributed by atoms with E-state index in [4.69, 9.17) is 9.97 Å². The minimum Gasteiger partial charge on any atom is -0.325 e. The van der Waals surface area contributed by atoms with Crippen molar-refractivity contribution in [1.82, 2.24) is 25.6 Å². The van der Waals surface area contributed by atoms with Gasteiger partial charge in [-0.3, -0.25) is 15.3 Å². The van der Waals surface area contributed by atoms with Crippen molar-refractivity contribution in [3.63, 3.8) is 0 Å². The number of aromatic amines is 1. The molecule has 9 nitrogen and oxygen atoms in total. The number of amides is 1. The van der Waals surface area contributed by atoms with Crippen molar-refractivity contribution in [1.29, 1.82) is 0 Å². The number of anilines is 5. The summed E-state index contributed by atoms with van der Waals surface area (Å²) >= 11 is 0. The van der Waals surface area contributed by atoms with Crippen molar-refractivity contribution in [2.75, 3.05) is 16.1 Å². The van der Waals surface area contributed by atoms with Crippen LogP contribution in [0, 0.1) is 0 Å². The maximum absolute atomic E-state index is 11.8. The van der Waals surface area contributed by atoms with Crippen molar-refractivity contribution in [2.45, 2.75) is 18.8 Å². The van der Waals surface area contributed by atoms with Crippen molar-refractivity contribution in [3.05, 3.63) is 84.1 Å². The van der Waals surface area contributed by atoms with Gasteiger partial charge < -0.3 is 10.6 Å². The van der Waals surface area contributed by atoms with Crippen molar-refractivity contribution in [2.24, 2.45) is 0 Å². The number of aromatic nitrogens is 4. The number of nitrogens with zero attached hydrogens (tertiary/aromatic N) is 4. The molecule has 1 aliphatic carbocycles. The summed E-state index contributed by atoms with van der Waals surface area (Å²) in [4.78, 5) is 21.4. The summed E-state index contributed by atoms with van der Waals surface area (Å²) in [7, 11) is 0. The molecule has 9 heteroatoms. The number of nitrogens with one attached hydrogen (secondary N) is 4. The minimum absolute atomic E-state index is 0.274. The third kappa shape index (κ3) is 3.76. The normalized spacial score (nSPS) is 14.3. The van der Waals surface area contributed by atoms with E-state index >= 15 is 0 Å². The van der Waals surface area contributed by atoms with E-state index in [-0.39, 0.29) is 5.91 Å². The van der Waals surface area contributed by atoms with Crippen molar-refractivity contribution < 1.29 is 4.79 Å². The maximum Gasteiger partial charge on any atom is 0.295 e. The average Bonchev–Trinajstić information content (AvgIpc) is 3.55. The molecule has 1 amide bonds. The van der Waals surface area contributed by atoms with E-state index in [1.807, 2.05) is 42.5 Å². The van der Waals surface area contributed by atoms with E-state index in [2.05, 4.69) is 55.9 Å². The fourth-order valence-corrected chi connectivity index (χ4v) is 4.41. The third-order valence-corrected chi connectivity index (χ3v) is 6.43. The van der Waals surface area contributed by atoms with Gasteiger partial charge in [0, 0.05) is 23.1 Å². The van der Waals surface area contributed by atoms with Crippen LogP contribution in [0.5, 0.6) is 0 Å². The lowest BCUT2D eigenvalue weighted by Crippen LogP contribution is -2.10. The molecule has 0 spiro atoms. The standard InChI is InChI=1S/C27H21N8O/c36-26-19-10-9-18(13-23(19)33-35-26)28-27-29-21-11-8-17(15-4-2-1-3-5-15)12-20(21)25(31-27)30-24-14-22(32-34-24)16-6-7-16/h1-5,8-14,16,33H,6-7H2,(H3,28,29,30,31,32,34). The van der Waals surface area contributed by atoms with Crippen LogP contribution in [0.3, 0.4) is 0 Å². The highest BCUT2D eigenvalue weighted by atomic mass is 16.2. The van der Waals surface area contributed by atoms with Gasteiger partial charge in [-0.25, -0.2) is 4.98 Å². The van der Waals surface area contributed by atoms with Crippen LogP contribution in [0.4, 0.5) is 29.0 Å². The first-order valence-corrected chi connectivity index (χ1v) is 11.8. The topological polar surface area (TPSA) is 122 Å². The van der Waals surface area contributed by atoms with Crippen LogP contribution in [0.2, 0.25) is 0 Å². The maximum atomic E-state index is 11.8. The van der Waals surface area contributed by atoms with E-state index in [0.29, 0.717) is 28.9 Å². The summed E-state index contributed by atoms with van der Waals surface area (Å²) in [6, 6.07) is 23.8. The second-order valence-electron chi connectivity index (χ2n) is 9.01. The molecular formula is C27H21N8O. The molecule has 2 aromatic heterocycles. The molecular weight excluding hydrogens is 452 g/mol. The summed E-state index contributed by atoms with van der Waals surface area (Å²) in [5.74, 6) is 2.16. The number of H-pyrrole nitrogens is 1. The summed E-state index contributed by atoms with van der Waals surface area (Å²) in [5.41, 5.74) is 12.5. The van der Waals surface area contributed by atoms with Gasteiger partial charge in [-0.15, -0.1) is 5.43 Å². The highest BCUT2D eigenvalue weighted by Crippen LogP contribution is 2.40. The van der Waals surface area contributed by atoms with Crippen LogP contribution in [0.15, 0.2) is 72.8 Å². The Hall–Kier alpha value is -4.92. The number of carbonyl (C=O) groups is 1. The Labute approximate surface area is 206 Å². The highest BCUT2D eigenvalue weighted by molar-refractivity contribution is 6.04. The van der Waals surface area contributed by atoms with Gasteiger partial charge in [-0.05, 0) is 54.3 Å². The van der Waals surface area contributed by atoms with Crippen LogP contribution in [0.25, 0.3) is 22.0 Å². The molecule has 1 fully saturated rings. The fraction of sp³-hybridized carbons (Fsp3) is 0.111. The zero-order chi connectivity index (χ0) is 24.1. The van der Waals surface area contributed by atoms with E-state index in [0.717, 1.165) is 39.2 Å². The van der Waals surface area contributed by atoms with Crippen LogP contribution >= 0.6 is 0 Å². The lowest BCUT2D eigenvalue weighted by atomic mass is 10.0. The molecule has 3 heterocycles. The number of carbonyl (C=O) groups excluding carboxylic acids is 1. The fourth-order valence-electron chi connectivity index (χ4n) is 4.41. The Morgan fingerprint density at radius 1 is 0.861 bits per heavy atom. The van der Waals surface area contributed by atoms with Gasteiger partial charge in [-0.2, -0.15) is 10.1 Å². The predicted molar refractivity (Wildman–Crippen MR) is 139 cm³/mol. The summed E-state index contributed by atoms with van der Waals surface area (Å²) < 4.78 is 0. The first-order valence-electron chi connectivity index (χ1n) is 11.8. The molecule has 1 aliphatic heterocycles. The molecule has 7 rings (SSSR count). The van der Waals surface area contributed by atoms with Crippen molar-refractivity contribution in [3.8, 4) is 11.1 Å². The largest absolute Gasteiger partial charge is 0.325 e. The SMILES string of the molecule is O=C1[N]Nc2cc(Nc3nc(Nc4cc(C5CC5)n[nH]4)c4cc(-c5ccccc5)ccc4n3)ccc21. The van der Waals surface area contributed by atoms with Gasteiger partial charge in [0.1, 0.15) is 11.6 Å². The molecule has 0 saturated heterocycles. The molecule has 2 aliphatic rings. The van der Waals surface area contributed by atoms with Gasteiger partial charge in [0.15, 0.2) is 0 Å². The summed E-state index contributed by atoms with van der Waals surface area (Å²) in [6.45, 7) is 0. The zero-order valence-corrected chi connectivity index (χ0v) is 19.1. The third-order valence-electron chi connectivity index (χ3n) is 6.43. The smallest absolute Gasteiger partial charge is 0.295 e. The van der Waals surface area contributed by atoms with Gasteiger partial charge >= 0.3 is 0 Å². The first kappa shape index (κ1) is 20.5. The Bertz CT molecular complexity index is 1620. The number of fused-ring (bicyclic) bond motifs is 2. The van der Waals surface area contributed by atoms with E-state index in [9.17, 15) is 4.79 Å². The summed E-state index contributed by atoms with van der Waals surface area (Å²) in [5, 5.41) is 15.1. The molecule has 5 aromatic rings. The van der Waals surface area contributed by atoms with Crippen LogP contribution in [0.1, 0.15) is 34.8 Å². The van der Waals surface area contributed by atoms with Gasteiger partial charge in [-0.1, -0.05) is 36.4 Å². The van der Waals surface area contributed by atoms with Crippen LogP contribution < -0.4 is 21.5 Å². The Morgan fingerprint density at radius 2 is 1.75 bits per heavy atom. The number of hydrogen-bond acceptors (Lipinski definition) is 7. The van der Waals surface area contributed by atoms with Gasteiger partial charge in [0.25, 0.3) is 5.91 Å². The number of rotatable bonds is 6. The Morgan fingerprint density at radius 3 is 2.61 bits per heavy atom. The average molecular weight is 474 g/mol. The minimum atomic E-state index is -0.274. The second-order valence-corrected chi connectivity index (χ2v) is 9.01. The Kier molecular flexibility index (Phi) is 4.60. The van der Waals surface area contributed by atoms with Crippen LogP contribution in [-0.2, 0) is 0 Å². The highest BCUT2D eigenvalue weighted by Gasteiger charge is 2.26. The van der Waals surface area contributed by atoms with Crippen molar-refractivity contribution >= 4 is 45.8 Å². The first-order chi connectivity index (χ1) is 17.7. The number of benzene rings is 3. The molecule has 4 N–H and O–H groups in total. The van der Waals surface area contributed by atoms with E-state index in [1.165, 1.54) is 12.8 Å². The van der Waals surface area contributed by atoms with Gasteiger partial charge in [0.05, 0.1) is 22.5 Å². The molecule has 36 heavy (non-hydrogen) atoms. The van der Waals surface area contributed by atoms with E-state index < -0.39 is 0 Å². The molecule has 1 saturated carbocycles. The Balaban J connectivity index is 1.29. The molecule has 1 radical (unpaired) electrons. The molecule has 0 bridgehead atoms. The molecule has 175 valence electrons. The second kappa shape index (κ2) is 8.09.